The number of hydrogen-bond donors (Lipinski definition) is 0. The van der Waals surface area contributed by atoms with Crippen molar-refractivity contribution >= 4 is 6.08 Å². The van der Waals surface area contributed by atoms with E-state index in [4.69, 9.17) is 0 Å². The van der Waals surface area contributed by atoms with Crippen molar-refractivity contribution in [2.45, 2.75) is 50.0 Å². The van der Waals surface area contributed by atoms with Crippen LogP contribution in [0, 0.1) is 0 Å². The second-order valence-corrected chi connectivity index (χ2v) is 5.34. The van der Waals surface area contributed by atoms with E-state index in [1.165, 1.54) is 30.4 Å². The monoisotopic (exact) mass is 227 g/mol. The molecule has 2 nitrogen and oxygen atoms in total. The second-order valence-electron chi connectivity index (χ2n) is 5.34. The van der Waals surface area contributed by atoms with Crippen molar-refractivity contribution in [1.82, 2.24) is 0 Å². The maximum atomic E-state index is 10.5. The van der Waals surface area contributed by atoms with Gasteiger partial charge >= 0.3 is 0 Å². The average molecular weight is 227 g/mol. The van der Waals surface area contributed by atoms with Crippen LogP contribution in [0.15, 0.2) is 29.3 Å². The minimum atomic E-state index is -0.236. The van der Waals surface area contributed by atoms with E-state index < -0.39 is 0 Å². The molecule has 2 aliphatic rings. The largest absolute Gasteiger partial charge is 0.235 e. The summed E-state index contributed by atoms with van der Waals surface area (Å²) < 4.78 is 0. The first kappa shape index (κ1) is 10.7. The number of nitrogens with zero attached hydrogens (tertiary/aromatic N) is 1. The van der Waals surface area contributed by atoms with Gasteiger partial charge in [0.1, 0.15) is 0 Å². The fraction of sp³-hybridized carbons (Fsp3) is 0.533. The third-order valence-corrected chi connectivity index (χ3v) is 4.46. The van der Waals surface area contributed by atoms with Crippen LogP contribution in [-0.2, 0) is 10.3 Å². The zero-order chi connectivity index (χ0) is 11.7. The number of hydrogen-bond acceptors (Lipinski definition) is 2. The van der Waals surface area contributed by atoms with Gasteiger partial charge < -0.3 is 0 Å². The van der Waals surface area contributed by atoms with Gasteiger partial charge in [-0.2, -0.15) is 4.99 Å². The summed E-state index contributed by atoms with van der Waals surface area (Å²) in [5.41, 5.74) is 2.40. The highest BCUT2D eigenvalue weighted by molar-refractivity contribution is 5.40. The molecular formula is C15H17NO. The Morgan fingerprint density at radius 1 is 1.12 bits per heavy atom. The molecule has 2 fully saturated rings. The van der Waals surface area contributed by atoms with Crippen molar-refractivity contribution in [3.05, 3.63) is 35.4 Å². The fourth-order valence-electron chi connectivity index (χ4n) is 2.87. The van der Waals surface area contributed by atoms with Crippen molar-refractivity contribution in [3.8, 4) is 0 Å². The van der Waals surface area contributed by atoms with Crippen LogP contribution in [0.2, 0.25) is 0 Å². The standard InChI is InChI=1S/C15H17NO/c17-11-16-15(9-2-10-15)14-7-5-13(6-8-14)12-3-1-4-12/h5-8,12H,1-4,9-10H2. The van der Waals surface area contributed by atoms with Gasteiger partial charge in [-0.25, -0.2) is 4.79 Å². The number of benzene rings is 1. The summed E-state index contributed by atoms with van der Waals surface area (Å²) in [6, 6.07) is 8.76. The molecule has 0 heterocycles. The van der Waals surface area contributed by atoms with Crippen LogP contribution < -0.4 is 0 Å². The molecule has 0 N–H and O–H groups in total. The van der Waals surface area contributed by atoms with Gasteiger partial charge in [0.25, 0.3) is 0 Å². The van der Waals surface area contributed by atoms with E-state index in [0.29, 0.717) is 0 Å². The van der Waals surface area contributed by atoms with E-state index in [-0.39, 0.29) is 5.54 Å². The predicted octanol–water partition coefficient (Wildman–Crippen LogP) is 3.67. The summed E-state index contributed by atoms with van der Waals surface area (Å²) in [4.78, 5) is 14.6. The van der Waals surface area contributed by atoms with E-state index in [0.717, 1.165) is 25.2 Å². The molecule has 0 radical (unpaired) electrons. The van der Waals surface area contributed by atoms with Crippen LogP contribution in [0.4, 0.5) is 0 Å². The molecular weight excluding hydrogens is 210 g/mol. The Balaban J connectivity index is 1.85. The second kappa shape index (κ2) is 4.12. The Labute approximate surface area is 102 Å². The normalized spacial score (nSPS) is 22.1. The Bertz CT molecular complexity index is 448. The number of aliphatic imine (C=N–C) groups is 1. The van der Waals surface area contributed by atoms with E-state index in [9.17, 15) is 4.79 Å². The smallest absolute Gasteiger partial charge is 0.211 e. The molecule has 0 bridgehead atoms. The van der Waals surface area contributed by atoms with Crippen LogP contribution in [0.5, 0.6) is 0 Å². The van der Waals surface area contributed by atoms with Crippen LogP contribution >= 0.6 is 0 Å². The van der Waals surface area contributed by atoms with Crippen LogP contribution in [0.3, 0.4) is 0 Å². The lowest BCUT2D eigenvalue weighted by Crippen LogP contribution is -2.31. The molecule has 0 spiro atoms. The average Bonchev–Trinajstić information content (AvgIpc) is 2.22. The number of isocyanates is 1. The van der Waals surface area contributed by atoms with Crippen LogP contribution in [0.1, 0.15) is 55.6 Å². The molecule has 0 amide bonds. The lowest BCUT2D eigenvalue weighted by Gasteiger charge is -2.37. The molecule has 1 aromatic carbocycles. The van der Waals surface area contributed by atoms with Gasteiger partial charge in [-0.1, -0.05) is 30.7 Å². The highest BCUT2D eigenvalue weighted by Gasteiger charge is 2.38. The number of carbonyl (C=O) groups excluding carboxylic acids is 1. The molecule has 17 heavy (non-hydrogen) atoms. The summed E-state index contributed by atoms with van der Waals surface area (Å²) in [6.07, 6.45) is 8.92. The van der Waals surface area contributed by atoms with E-state index >= 15 is 0 Å². The van der Waals surface area contributed by atoms with Gasteiger partial charge in [0.05, 0.1) is 5.54 Å². The van der Waals surface area contributed by atoms with E-state index in [2.05, 4.69) is 29.3 Å². The molecule has 0 saturated heterocycles. The molecule has 3 rings (SSSR count). The first-order valence-electron chi connectivity index (χ1n) is 6.53. The van der Waals surface area contributed by atoms with Gasteiger partial charge in [0.15, 0.2) is 0 Å². The van der Waals surface area contributed by atoms with E-state index in [1.54, 1.807) is 6.08 Å². The molecule has 88 valence electrons. The maximum Gasteiger partial charge on any atom is 0.235 e. The highest BCUT2D eigenvalue weighted by Crippen LogP contribution is 2.45. The van der Waals surface area contributed by atoms with Gasteiger partial charge in [-0.3, -0.25) is 0 Å². The summed E-state index contributed by atoms with van der Waals surface area (Å²) in [5, 5.41) is 0. The third kappa shape index (κ3) is 1.73. The molecule has 2 aliphatic carbocycles. The topological polar surface area (TPSA) is 29.4 Å². The van der Waals surface area contributed by atoms with Crippen LogP contribution in [0.25, 0.3) is 0 Å². The molecule has 0 atom stereocenters. The quantitative estimate of drug-likeness (QED) is 0.572. The Kier molecular flexibility index (Phi) is 2.60. The minimum absolute atomic E-state index is 0.236. The van der Waals surface area contributed by atoms with Crippen molar-refractivity contribution in [1.29, 1.82) is 0 Å². The fourth-order valence-corrected chi connectivity index (χ4v) is 2.87. The predicted molar refractivity (Wildman–Crippen MR) is 66.7 cm³/mol. The summed E-state index contributed by atoms with van der Waals surface area (Å²) >= 11 is 0. The molecule has 1 aromatic rings. The molecule has 0 aliphatic heterocycles. The zero-order valence-electron chi connectivity index (χ0n) is 9.98. The van der Waals surface area contributed by atoms with Gasteiger partial charge in [-0.15, -0.1) is 0 Å². The third-order valence-electron chi connectivity index (χ3n) is 4.46. The summed E-state index contributed by atoms with van der Waals surface area (Å²) in [7, 11) is 0. The molecule has 0 aromatic heterocycles. The first-order chi connectivity index (χ1) is 8.34. The Morgan fingerprint density at radius 2 is 1.82 bits per heavy atom. The Hall–Kier alpha value is -1.40. The minimum Gasteiger partial charge on any atom is -0.211 e. The molecule has 0 unspecified atom stereocenters. The zero-order valence-corrected chi connectivity index (χ0v) is 9.98. The first-order valence-corrected chi connectivity index (χ1v) is 6.53. The van der Waals surface area contributed by atoms with Gasteiger partial charge in [0.2, 0.25) is 6.08 Å². The van der Waals surface area contributed by atoms with Crippen molar-refractivity contribution in [3.63, 3.8) is 0 Å². The van der Waals surface area contributed by atoms with Crippen molar-refractivity contribution in [2.75, 3.05) is 0 Å². The summed E-state index contributed by atoms with van der Waals surface area (Å²) in [5.74, 6) is 0.774. The molecule has 2 saturated carbocycles. The van der Waals surface area contributed by atoms with E-state index in [1.807, 2.05) is 0 Å². The van der Waals surface area contributed by atoms with Gasteiger partial charge in [0, 0.05) is 0 Å². The van der Waals surface area contributed by atoms with Crippen molar-refractivity contribution in [2.24, 2.45) is 4.99 Å². The number of rotatable bonds is 3. The van der Waals surface area contributed by atoms with Crippen LogP contribution in [-0.4, -0.2) is 6.08 Å². The molecule has 2 heteroatoms. The highest BCUT2D eigenvalue weighted by atomic mass is 16.1. The SMILES string of the molecule is O=C=NC1(c2ccc(C3CCC3)cc2)CCC1. The lowest BCUT2D eigenvalue weighted by atomic mass is 9.71. The summed E-state index contributed by atoms with van der Waals surface area (Å²) in [6.45, 7) is 0. The Morgan fingerprint density at radius 3 is 2.24 bits per heavy atom. The maximum absolute atomic E-state index is 10.5. The lowest BCUT2D eigenvalue weighted by molar-refractivity contribution is 0.256. The van der Waals surface area contributed by atoms with Gasteiger partial charge in [-0.05, 0) is 49.1 Å². The van der Waals surface area contributed by atoms with Crippen molar-refractivity contribution < 1.29 is 4.79 Å².